The number of ether oxygens (including phenoxy) is 1. The zero-order valence-corrected chi connectivity index (χ0v) is 13.4. The first-order valence-electron chi connectivity index (χ1n) is 7.98. The van der Waals surface area contributed by atoms with E-state index in [-0.39, 0.29) is 11.9 Å². The number of nitrogens with zero attached hydrogens (tertiary/aromatic N) is 3. The van der Waals surface area contributed by atoms with Gasteiger partial charge in [0.1, 0.15) is 17.6 Å². The van der Waals surface area contributed by atoms with Crippen molar-refractivity contribution in [2.24, 2.45) is 0 Å². The summed E-state index contributed by atoms with van der Waals surface area (Å²) in [5.41, 5.74) is 1.44. The number of morpholine rings is 1. The van der Waals surface area contributed by atoms with Crippen molar-refractivity contribution in [3.8, 4) is 0 Å². The lowest BCUT2D eigenvalue weighted by atomic mass is 10.1. The Labute approximate surface area is 139 Å². The average molecular weight is 322 g/mol. The first-order chi connectivity index (χ1) is 11.7. The molecule has 0 bridgehead atoms. The summed E-state index contributed by atoms with van der Waals surface area (Å²) >= 11 is 0. The van der Waals surface area contributed by atoms with Crippen molar-refractivity contribution in [1.82, 2.24) is 19.9 Å². The number of hydrogen-bond donors (Lipinski definition) is 1. The number of pyridine rings is 1. The number of carbonyl (C=O) groups is 1. The smallest absolute Gasteiger partial charge is 0.273 e. The third-order valence-corrected chi connectivity index (χ3v) is 4.30. The molecule has 0 radical (unpaired) electrons. The van der Waals surface area contributed by atoms with E-state index < -0.39 is 0 Å². The largest absolute Gasteiger partial charge is 0.377 e. The third kappa shape index (κ3) is 2.55. The lowest BCUT2D eigenvalue weighted by Crippen LogP contribution is -2.44. The fourth-order valence-electron chi connectivity index (χ4n) is 3.10. The highest BCUT2D eigenvalue weighted by molar-refractivity contribution is 6.05. The molecular formula is C18H18N4O2. The maximum absolute atomic E-state index is 13.2. The van der Waals surface area contributed by atoms with Crippen LogP contribution in [0.15, 0.2) is 42.7 Å². The molecular weight excluding hydrogens is 304 g/mol. The number of amides is 1. The summed E-state index contributed by atoms with van der Waals surface area (Å²) in [7, 11) is 0. The van der Waals surface area contributed by atoms with Crippen LogP contribution in [0.3, 0.4) is 0 Å². The summed E-state index contributed by atoms with van der Waals surface area (Å²) in [6.45, 7) is 3.42. The van der Waals surface area contributed by atoms with Crippen LogP contribution in [-0.2, 0) is 4.74 Å². The van der Waals surface area contributed by atoms with Crippen molar-refractivity contribution in [2.45, 2.75) is 13.0 Å². The van der Waals surface area contributed by atoms with Gasteiger partial charge in [0.05, 0.1) is 13.2 Å². The molecule has 1 aliphatic heterocycles. The second-order valence-electron chi connectivity index (χ2n) is 5.92. The Kier molecular flexibility index (Phi) is 3.74. The predicted octanol–water partition coefficient (Wildman–Crippen LogP) is 2.48. The normalized spacial score (nSPS) is 18.0. The van der Waals surface area contributed by atoms with Crippen LogP contribution in [0, 0.1) is 6.92 Å². The van der Waals surface area contributed by atoms with Gasteiger partial charge in [0.2, 0.25) is 0 Å². The van der Waals surface area contributed by atoms with Crippen LogP contribution in [0.1, 0.15) is 28.0 Å². The van der Waals surface area contributed by atoms with Crippen LogP contribution in [0.4, 0.5) is 0 Å². The van der Waals surface area contributed by atoms with Crippen LogP contribution in [-0.4, -0.2) is 45.5 Å². The Bertz CT molecular complexity index is 884. The van der Waals surface area contributed by atoms with Crippen LogP contribution < -0.4 is 0 Å². The molecule has 1 unspecified atom stereocenters. The van der Waals surface area contributed by atoms with E-state index in [0.717, 1.165) is 22.3 Å². The van der Waals surface area contributed by atoms with E-state index in [4.69, 9.17) is 4.74 Å². The molecule has 4 rings (SSSR count). The first kappa shape index (κ1) is 14.8. The van der Waals surface area contributed by atoms with Gasteiger partial charge in [0, 0.05) is 30.0 Å². The number of H-pyrrole nitrogens is 1. The van der Waals surface area contributed by atoms with Gasteiger partial charge < -0.3 is 14.6 Å². The number of aromatic nitrogens is 3. The Balaban J connectivity index is 1.73. The van der Waals surface area contributed by atoms with E-state index in [1.54, 1.807) is 17.3 Å². The van der Waals surface area contributed by atoms with E-state index in [1.165, 1.54) is 0 Å². The monoisotopic (exact) mass is 322 g/mol. The van der Waals surface area contributed by atoms with Gasteiger partial charge in [-0.25, -0.2) is 4.98 Å². The molecule has 6 nitrogen and oxygen atoms in total. The molecule has 6 heteroatoms. The van der Waals surface area contributed by atoms with Crippen molar-refractivity contribution < 1.29 is 9.53 Å². The maximum Gasteiger partial charge on any atom is 0.273 e. The number of carbonyl (C=O) groups excluding carboxylic acids is 1. The summed E-state index contributed by atoms with van der Waals surface area (Å²) in [6.07, 6.45) is 3.45. The summed E-state index contributed by atoms with van der Waals surface area (Å²) in [6, 6.07) is 9.50. The molecule has 122 valence electrons. The third-order valence-electron chi connectivity index (χ3n) is 4.30. The molecule has 1 fully saturated rings. The second kappa shape index (κ2) is 6.05. The lowest BCUT2D eigenvalue weighted by Gasteiger charge is -2.34. The van der Waals surface area contributed by atoms with Gasteiger partial charge in [-0.05, 0) is 18.4 Å². The summed E-state index contributed by atoms with van der Waals surface area (Å²) in [4.78, 5) is 26.9. The molecule has 3 aromatic rings. The van der Waals surface area contributed by atoms with Crippen molar-refractivity contribution >= 4 is 16.7 Å². The minimum absolute atomic E-state index is 0.0887. The second-order valence-corrected chi connectivity index (χ2v) is 5.92. The predicted molar refractivity (Wildman–Crippen MR) is 89.7 cm³/mol. The van der Waals surface area contributed by atoms with Crippen LogP contribution in [0.5, 0.6) is 0 Å². The SMILES string of the molecule is Cc1cnc(C2COCCN2C(=O)c2nccc3ccccc23)[nH]1. The Morgan fingerprint density at radius 3 is 3.00 bits per heavy atom. The number of hydrogen-bond acceptors (Lipinski definition) is 4. The molecule has 1 atom stereocenters. The standard InChI is InChI=1S/C18H18N4O2/c1-12-10-20-17(21-12)15-11-24-9-8-22(15)18(23)16-14-5-3-2-4-13(14)6-7-19-16/h2-7,10,15H,8-9,11H2,1H3,(H,20,21). The number of aryl methyl sites for hydroxylation is 1. The van der Waals surface area contributed by atoms with E-state index >= 15 is 0 Å². The van der Waals surface area contributed by atoms with Crippen molar-refractivity contribution in [2.75, 3.05) is 19.8 Å². The van der Waals surface area contributed by atoms with E-state index in [1.807, 2.05) is 37.3 Å². The van der Waals surface area contributed by atoms with Crippen LogP contribution >= 0.6 is 0 Å². The topological polar surface area (TPSA) is 71.1 Å². The number of benzene rings is 1. The van der Waals surface area contributed by atoms with E-state index in [0.29, 0.717) is 25.5 Å². The molecule has 24 heavy (non-hydrogen) atoms. The van der Waals surface area contributed by atoms with Crippen LogP contribution in [0.25, 0.3) is 10.8 Å². The first-order valence-corrected chi connectivity index (χ1v) is 7.98. The zero-order valence-electron chi connectivity index (χ0n) is 13.4. The molecule has 1 N–H and O–H groups in total. The van der Waals surface area contributed by atoms with Gasteiger partial charge in [-0.1, -0.05) is 24.3 Å². The highest BCUT2D eigenvalue weighted by Crippen LogP contribution is 2.26. The molecule has 0 saturated carbocycles. The zero-order chi connectivity index (χ0) is 16.5. The molecule has 2 aromatic heterocycles. The maximum atomic E-state index is 13.2. The molecule has 3 heterocycles. The highest BCUT2D eigenvalue weighted by Gasteiger charge is 2.32. The minimum atomic E-state index is -0.222. The number of nitrogens with one attached hydrogen (secondary N) is 1. The fourth-order valence-corrected chi connectivity index (χ4v) is 3.10. The van der Waals surface area contributed by atoms with Crippen molar-refractivity contribution in [3.63, 3.8) is 0 Å². The molecule has 1 aromatic carbocycles. The van der Waals surface area contributed by atoms with Gasteiger partial charge in [-0.15, -0.1) is 0 Å². The quantitative estimate of drug-likeness (QED) is 0.787. The van der Waals surface area contributed by atoms with Gasteiger partial charge in [0.15, 0.2) is 0 Å². The van der Waals surface area contributed by atoms with Crippen molar-refractivity contribution in [3.05, 3.63) is 59.9 Å². The van der Waals surface area contributed by atoms with Gasteiger partial charge in [-0.3, -0.25) is 9.78 Å². The Hall–Kier alpha value is -2.73. The van der Waals surface area contributed by atoms with E-state index in [2.05, 4.69) is 15.0 Å². The number of fused-ring (bicyclic) bond motifs is 1. The van der Waals surface area contributed by atoms with Gasteiger partial charge >= 0.3 is 0 Å². The Morgan fingerprint density at radius 2 is 2.17 bits per heavy atom. The van der Waals surface area contributed by atoms with E-state index in [9.17, 15) is 4.79 Å². The molecule has 1 saturated heterocycles. The number of aromatic amines is 1. The van der Waals surface area contributed by atoms with Crippen molar-refractivity contribution in [1.29, 1.82) is 0 Å². The molecule has 0 spiro atoms. The summed E-state index contributed by atoms with van der Waals surface area (Å²) in [5, 5.41) is 1.88. The van der Waals surface area contributed by atoms with Gasteiger partial charge in [0.25, 0.3) is 5.91 Å². The highest BCUT2D eigenvalue weighted by atomic mass is 16.5. The Morgan fingerprint density at radius 1 is 1.29 bits per heavy atom. The number of imidazole rings is 1. The number of rotatable bonds is 2. The average Bonchev–Trinajstić information content (AvgIpc) is 3.07. The minimum Gasteiger partial charge on any atom is -0.377 e. The van der Waals surface area contributed by atoms with Gasteiger partial charge in [-0.2, -0.15) is 0 Å². The molecule has 0 aliphatic carbocycles. The van der Waals surface area contributed by atoms with Crippen LogP contribution in [0.2, 0.25) is 0 Å². The fraction of sp³-hybridized carbons (Fsp3) is 0.278. The molecule has 1 aliphatic rings. The lowest BCUT2D eigenvalue weighted by molar-refractivity contribution is -0.00519. The summed E-state index contributed by atoms with van der Waals surface area (Å²) in [5.74, 6) is 0.662. The summed E-state index contributed by atoms with van der Waals surface area (Å²) < 4.78 is 5.58. The molecule has 1 amide bonds.